The smallest absolute Gasteiger partial charge is 0.166 e. The van der Waals surface area contributed by atoms with Gasteiger partial charge in [0.15, 0.2) is 5.78 Å². The minimum Gasteiger partial charge on any atom is -0.394 e. The van der Waals surface area contributed by atoms with E-state index >= 15 is 0 Å². The highest BCUT2D eigenvalue weighted by Crippen LogP contribution is 2.07. The van der Waals surface area contributed by atoms with Crippen LogP contribution in [0.1, 0.15) is 6.42 Å². The predicted octanol–water partition coefficient (Wildman–Crippen LogP) is -3.59. The molecule has 0 unspecified atom stereocenters. The van der Waals surface area contributed by atoms with Crippen molar-refractivity contribution in [2.45, 2.75) is 30.8 Å². The minimum absolute atomic E-state index is 0.0102. The van der Waals surface area contributed by atoms with Crippen LogP contribution in [-0.4, -0.2) is 100 Å². The summed E-state index contributed by atoms with van der Waals surface area (Å²) in [7, 11) is 0. The van der Waals surface area contributed by atoms with Gasteiger partial charge in [0.25, 0.3) is 0 Å². The van der Waals surface area contributed by atoms with Gasteiger partial charge in [-0.1, -0.05) is 0 Å². The Morgan fingerprint density at radius 3 is 1.95 bits per heavy atom. The van der Waals surface area contributed by atoms with Crippen LogP contribution in [0.3, 0.4) is 0 Å². The minimum atomic E-state index is -1.90. The number of Topliss-reactive ketones (excluding diaryl/α,β-unsaturated/α-hetero) is 1. The summed E-state index contributed by atoms with van der Waals surface area (Å²) < 4.78 is 9.95. The largest absolute Gasteiger partial charge is 0.394 e. The molecule has 126 valence electrons. The monoisotopic (exact) mass is 312 g/mol. The van der Waals surface area contributed by atoms with Crippen molar-refractivity contribution in [1.29, 1.82) is 0 Å². The third-order valence-electron chi connectivity index (χ3n) is 2.69. The van der Waals surface area contributed by atoms with E-state index in [4.69, 9.17) is 24.8 Å². The summed E-state index contributed by atoms with van der Waals surface area (Å²) >= 11 is 0. The van der Waals surface area contributed by atoms with Crippen LogP contribution < -0.4 is 0 Å². The average molecular weight is 312 g/mol. The second-order valence-electron chi connectivity index (χ2n) is 4.34. The van der Waals surface area contributed by atoms with Gasteiger partial charge in [0.1, 0.15) is 24.4 Å². The van der Waals surface area contributed by atoms with Crippen molar-refractivity contribution in [2.24, 2.45) is 0 Å². The number of ether oxygens (including phenoxy) is 2. The van der Waals surface area contributed by atoms with Crippen LogP contribution in [0.5, 0.6) is 0 Å². The lowest BCUT2D eigenvalue weighted by Gasteiger charge is -2.24. The molecule has 21 heavy (non-hydrogen) atoms. The van der Waals surface area contributed by atoms with Crippen molar-refractivity contribution in [3.05, 3.63) is 0 Å². The predicted molar refractivity (Wildman–Crippen MR) is 69.5 cm³/mol. The highest BCUT2D eigenvalue weighted by molar-refractivity contribution is 5.83. The van der Waals surface area contributed by atoms with Crippen LogP contribution in [0.4, 0.5) is 0 Å². The number of hydrogen-bond donors (Lipinski definition) is 6. The Morgan fingerprint density at radius 2 is 1.43 bits per heavy atom. The van der Waals surface area contributed by atoms with Crippen LogP contribution in [-0.2, 0) is 14.3 Å². The number of aliphatic hydroxyl groups excluding tert-OH is 6. The van der Waals surface area contributed by atoms with Gasteiger partial charge in [-0.15, -0.1) is 0 Å². The summed E-state index contributed by atoms with van der Waals surface area (Å²) in [6, 6.07) is 0. The first-order valence-electron chi connectivity index (χ1n) is 6.57. The summed E-state index contributed by atoms with van der Waals surface area (Å²) in [5, 5.41) is 54.5. The van der Waals surface area contributed by atoms with Crippen LogP contribution in [0.2, 0.25) is 0 Å². The van der Waals surface area contributed by atoms with E-state index in [1.54, 1.807) is 0 Å². The number of carbonyl (C=O) groups is 1. The van der Waals surface area contributed by atoms with Crippen molar-refractivity contribution in [3.8, 4) is 0 Å². The maximum atomic E-state index is 11.5. The Bertz CT molecular complexity index is 273. The molecule has 4 atom stereocenters. The van der Waals surface area contributed by atoms with Crippen LogP contribution in [0.15, 0.2) is 0 Å². The second kappa shape index (κ2) is 12.0. The standard InChI is InChI=1S/C12H24O9/c13-2-4-21-6-5-20-3-1-8(15)10(17)12(19)11(18)9(16)7-14/h9-14,16-19H,1-7H2/t9-,10+,11-,12-/m1/s1. The van der Waals surface area contributed by atoms with Crippen molar-refractivity contribution in [2.75, 3.05) is 39.6 Å². The highest BCUT2D eigenvalue weighted by Gasteiger charge is 2.33. The molecule has 0 aliphatic rings. The number of carbonyl (C=O) groups excluding carboxylic acids is 1. The van der Waals surface area contributed by atoms with Gasteiger partial charge in [0.2, 0.25) is 0 Å². The van der Waals surface area contributed by atoms with Gasteiger partial charge in [-0.2, -0.15) is 0 Å². The highest BCUT2D eigenvalue weighted by atomic mass is 16.5. The van der Waals surface area contributed by atoms with E-state index in [1.807, 2.05) is 0 Å². The lowest BCUT2D eigenvalue weighted by Crippen LogP contribution is -2.48. The third kappa shape index (κ3) is 8.39. The quantitative estimate of drug-likeness (QED) is 0.189. The van der Waals surface area contributed by atoms with Crippen LogP contribution >= 0.6 is 0 Å². The normalized spacial score (nSPS) is 17.2. The Kier molecular flexibility index (Phi) is 11.6. The molecule has 0 aromatic heterocycles. The fourth-order valence-corrected chi connectivity index (χ4v) is 1.42. The topological polar surface area (TPSA) is 157 Å². The molecule has 0 aliphatic heterocycles. The number of aliphatic hydroxyl groups is 6. The molecular formula is C12H24O9. The van der Waals surface area contributed by atoms with Crippen molar-refractivity contribution < 1.29 is 44.9 Å². The lowest BCUT2D eigenvalue weighted by molar-refractivity contribution is -0.147. The van der Waals surface area contributed by atoms with E-state index in [1.165, 1.54) is 0 Å². The first kappa shape index (κ1) is 20.3. The molecule has 0 saturated heterocycles. The number of hydrogen-bond acceptors (Lipinski definition) is 9. The molecule has 9 heteroatoms. The molecule has 0 rings (SSSR count). The maximum absolute atomic E-state index is 11.5. The molecular weight excluding hydrogens is 288 g/mol. The van der Waals surface area contributed by atoms with E-state index in [9.17, 15) is 20.1 Å². The van der Waals surface area contributed by atoms with Crippen molar-refractivity contribution >= 4 is 5.78 Å². The summed E-state index contributed by atoms with van der Waals surface area (Å²) in [6.07, 6.45) is -7.45. The fraction of sp³-hybridized carbons (Fsp3) is 0.917. The molecule has 0 spiro atoms. The first-order chi connectivity index (χ1) is 9.95. The molecule has 0 aromatic rings. The van der Waals surface area contributed by atoms with Gasteiger partial charge in [-0.3, -0.25) is 4.79 Å². The fourth-order valence-electron chi connectivity index (χ4n) is 1.42. The molecule has 9 nitrogen and oxygen atoms in total. The Morgan fingerprint density at radius 1 is 0.857 bits per heavy atom. The maximum Gasteiger partial charge on any atom is 0.166 e. The summed E-state index contributed by atoms with van der Waals surface area (Å²) in [4.78, 5) is 11.5. The van der Waals surface area contributed by atoms with Gasteiger partial charge in [0, 0.05) is 6.42 Å². The lowest BCUT2D eigenvalue weighted by atomic mass is 9.99. The van der Waals surface area contributed by atoms with E-state index in [2.05, 4.69) is 0 Å². The third-order valence-corrected chi connectivity index (χ3v) is 2.69. The SMILES string of the molecule is O=C(CCOCCOCCO)[C@H](O)[C@@H](O)[C@H](O)[C@H](O)CO. The van der Waals surface area contributed by atoms with Crippen LogP contribution in [0.25, 0.3) is 0 Å². The zero-order valence-corrected chi connectivity index (χ0v) is 11.7. The van der Waals surface area contributed by atoms with E-state index in [-0.39, 0.29) is 39.5 Å². The van der Waals surface area contributed by atoms with Gasteiger partial charge in [-0.25, -0.2) is 0 Å². The van der Waals surface area contributed by atoms with Crippen LogP contribution in [0, 0.1) is 0 Å². The zero-order valence-electron chi connectivity index (χ0n) is 11.7. The summed E-state index contributed by atoms with van der Waals surface area (Å²) in [5.74, 6) is -0.761. The molecule has 0 aliphatic carbocycles. The molecule has 0 radical (unpaired) electrons. The first-order valence-corrected chi connectivity index (χ1v) is 6.57. The van der Waals surface area contributed by atoms with E-state index in [0.717, 1.165) is 0 Å². The summed E-state index contributed by atoms with van der Waals surface area (Å²) in [6.45, 7) is -0.262. The zero-order chi connectivity index (χ0) is 16.3. The molecule has 0 bridgehead atoms. The van der Waals surface area contributed by atoms with Gasteiger partial charge in [0.05, 0.1) is 39.6 Å². The molecule has 6 N–H and O–H groups in total. The molecule has 0 heterocycles. The number of ketones is 1. The Hall–Kier alpha value is -0.650. The Balaban J connectivity index is 3.89. The molecule has 0 saturated carbocycles. The van der Waals surface area contributed by atoms with Crippen molar-refractivity contribution in [3.63, 3.8) is 0 Å². The number of rotatable bonds is 13. The summed E-state index contributed by atoms with van der Waals surface area (Å²) in [5.41, 5.74) is 0. The van der Waals surface area contributed by atoms with E-state index in [0.29, 0.717) is 0 Å². The van der Waals surface area contributed by atoms with Gasteiger partial charge in [-0.05, 0) is 0 Å². The molecule has 0 fully saturated rings. The van der Waals surface area contributed by atoms with E-state index < -0.39 is 36.8 Å². The second-order valence-corrected chi connectivity index (χ2v) is 4.34. The molecule has 0 amide bonds. The Labute approximate surface area is 122 Å². The molecule has 0 aromatic carbocycles. The van der Waals surface area contributed by atoms with Gasteiger partial charge >= 0.3 is 0 Å². The van der Waals surface area contributed by atoms with Gasteiger partial charge < -0.3 is 40.1 Å². The van der Waals surface area contributed by atoms with Crippen molar-refractivity contribution in [1.82, 2.24) is 0 Å². The average Bonchev–Trinajstić information content (AvgIpc) is 2.50.